The predicted molar refractivity (Wildman–Crippen MR) is 55.5 cm³/mol. The highest BCUT2D eigenvalue weighted by molar-refractivity contribution is 7.80. The lowest BCUT2D eigenvalue weighted by Gasteiger charge is -2.02. The highest BCUT2D eigenvalue weighted by Gasteiger charge is 1.97. The smallest absolute Gasteiger partial charge is 0.0562 e. The molecule has 1 heterocycles. The third kappa shape index (κ3) is 2.41. The molecular weight excluding hydrogens is 168 g/mol. The molecule has 0 fully saturated rings. The lowest BCUT2D eigenvalue weighted by Crippen LogP contribution is -1.99. The molecular formula is C9H14N2S. The quantitative estimate of drug-likeness (QED) is 0.711. The topological polar surface area (TPSA) is 17.8 Å². The van der Waals surface area contributed by atoms with Crippen LogP contribution < -0.4 is 0 Å². The Morgan fingerprint density at radius 2 is 2.42 bits per heavy atom. The third-order valence-electron chi connectivity index (χ3n) is 1.57. The Kier molecular flexibility index (Phi) is 3.41. The van der Waals surface area contributed by atoms with Gasteiger partial charge in [0.05, 0.1) is 6.20 Å². The van der Waals surface area contributed by atoms with Crippen LogP contribution in [0, 0.1) is 0 Å². The second-order valence-electron chi connectivity index (χ2n) is 2.93. The second kappa shape index (κ2) is 4.36. The van der Waals surface area contributed by atoms with Crippen LogP contribution in [-0.4, -0.2) is 15.5 Å². The van der Waals surface area contributed by atoms with E-state index in [2.05, 4.69) is 31.6 Å². The largest absolute Gasteiger partial charge is 0.270 e. The van der Waals surface area contributed by atoms with E-state index in [0.717, 1.165) is 11.3 Å². The summed E-state index contributed by atoms with van der Waals surface area (Å²) < 4.78 is 1.94. The minimum atomic E-state index is 0.433. The van der Waals surface area contributed by atoms with Crippen LogP contribution in [-0.2, 0) is 0 Å². The molecule has 0 unspecified atom stereocenters. The maximum atomic E-state index is 4.21. The number of thiol groups is 1. The van der Waals surface area contributed by atoms with Gasteiger partial charge >= 0.3 is 0 Å². The average Bonchev–Trinajstić information content (AvgIpc) is 2.48. The van der Waals surface area contributed by atoms with E-state index >= 15 is 0 Å². The van der Waals surface area contributed by atoms with Crippen molar-refractivity contribution in [2.75, 3.05) is 5.75 Å². The van der Waals surface area contributed by atoms with Gasteiger partial charge in [-0.1, -0.05) is 12.2 Å². The summed E-state index contributed by atoms with van der Waals surface area (Å²) in [7, 11) is 0. The molecule has 0 bridgehead atoms. The summed E-state index contributed by atoms with van der Waals surface area (Å²) in [6.07, 6.45) is 7.92. The standard InChI is InChI=1S/C9H14N2S/c1-8(2)11-7-9(6-10-11)4-3-5-12/h3-4,6-8,12H,5H2,1-2H3. The van der Waals surface area contributed by atoms with Crippen LogP contribution in [0.5, 0.6) is 0 Å². The van der Waals surface area contributed by atoms with E-state index in [-0.39, 0.29) is 0 Å². The summed E-state index contributed by atoms with van der Waals surface area (Å²) in [6.45, 7) is 4.22. The van der Waals surface area contributed by atoms with Gasteiger partial charge in [0, 0.05) is 23.6 Å². The molecule has 3 heteroatoms. The van der Waals surface area contributed by atoms with Crippen LogP contribution >= 0.6 is 12.6 Å². The first kappa shape index (κ1) is 9.39. The van der Waals surface area contributed by atoms with Crippen molar-refractivity contribution in [1.29, 1.82) is 0 Å². The van der Waals surface area contributed by atoms with Gasteiger partial charge in [0.15, 0.2) is 0 Å². The molecule has 1 aromatic rings. The van der Waals surface area contributed by atoms with Crippen molar-refractivity contribution >= 4 is 18.7 Å². The number of nitrogens with zero attached hydrogens (tertiary/aromatic N) is 2. The zero-order valence-corrected chi connectivity index (χ0v) is 8.33. The Balaban J connectivity index is 2.70. The molecule has 0 atom stereocenters. The number of hydrogen-bond donors (Lipinski definition) is 1. The molecule has 0 saturated heterocycles. The van der Waals surface area contributed by atoms with Gasteiger partial charge in [-0.05, 0) is 13.8 Å². The molecule has 12 heavy (non-hydrogen) atoms. The van der Waals surface area contributed by atoms with Crippen LogP contribution in [0.15, 0.2) is 18.5 Å². The van der Waals surface area contributed by atoms with Gasteiger partial charge in [0.1, 0.15) is 0 Å². The summed E-state index contributed by atoms with van der Waals surface area (Å²) in [5.41, 5.74) is 1.14. The van der Waals surface area contributed by atoms with Gasteiger partial charge in [-0.2, -0.15) is 17.7 Å². The monoisotopic (exact) mass is 182 g/mol. The summed E-state index contributed by atoms with van der Waals surface area (Å²) >= 11 is 4.08. The van der Waals surface area contributed by atoms with Crippen molar-refractivity contribution < 1.29 is 0 Å². The second-order valence-corrected chi connectivity index (χ2v) is 3.30. The molecule has 1 rings (SSSR count). The Bertz CT molecular complexity index is 263. The fourth-order valence-electron chi connectivity index (χ4n) is 0.910. The SMILES string of the molecule is CC(C)n1cc(C=CCS)cn1. The highest BCUT2D eigenvalue weighted by atomic mass is 32.1. The first-order chi connectivity index (χ1) is 5.74. The van der Waals surface area contributed by atoms with Crippen LogP contribution in [0.4, 0.5) is 0 Å². The van der Waals surface area contributed by atoms with Crippen LogP contribution in [0.1, 0.15) is 25.5 Å². The van der Waals surface area contributed by atoms with Crippen LogP contribution in [0.3, 0.4) is 0 Å². The van der Waals surface area contributed by atoms with Gasteiger partial charge in [0.25, 0.3) is 0 Å². The zero-order valence-electron chi connectivity index (χ0n) is 7.44. The predicted octanol–water partition coefficient (Wildman–Crippen LogP) is 2.41. The Hall–Kier alpha value is -0.700. The lowest BCUT2D eigenvalue weighted by atomic mass is 10.3. The van der Waals surface area contributed by atoms with Crippen LogP contribution in [0.25, 0.3) is 6.08 Å². The molecule has 0 N–H and O–H groups in total. The van der Waals surface area contributed by atoms with E-state index in [1.54, 1.807) is 0 Å². The lowest BCUT2D eigenvalue weighted by molar-refractivity contribution is 0.532. The van der Waals surface area contributed by atoms with Crippen molar-refractivity contribution in [3.8, 4) is 0 Å². The van der Waals surface area contributed by atoms with E-state index < -0.39 is 0 Å². The number of aromatic nitrogens is 2. The van der Waals surface area contributed by atoms with Gasteiger partial charge in [0.2, 0.25) is 0 Å². The van der Waals surface area contributed by atoms with E-state index in [0.29, 0.717) is 6.04 Å². The molecule has 2 nitrogen and oxygen atoms in total. The third-order valence-corrected chi connectivity index (χ3v) is 1.78. The molecule has 0 radical (unpaired) electrons. The van der Waals surface area contributed by atoms with E-state index in [9.17, 15) is 0 Å². The van der Waals surface area contributed by atoms with Crippen molar-refractivity contribution in [3.05, 3.63) is 24.0 Å². The first-order valence-electron chi connectivity index (χ1n) is 4.05. The highest BCUT2D eigenvalue weighted by Crippen LogP contribution is 2.06. The van der Waals surface area contributed by atoms with Gasteiger partial charge in [-0.3, -0.25) is 4.68 Å². The minimum absolute atomic E-state index is 0.433. The average molecular weight is 182 g/mol. The number of rotatable bonds is 3. The molecule has 66 valence electrons. The van der Waals surface area contributed by atoms with Gasteiger partial charge in [-0.15, -0.1) is 0 Å². The van der Waals surface area contributed by atoms with Crippen molar-refractivity contribution in [3.63, 3.8) is 0 Å². The first-order valence-corrected chi connectivity index (χ1v) is 4.69. The summed E-state index contributed by atoms with van der Waals surface area (Å²) in [5.74, 6) is 0.771. The summed E-state index contributed by atoms with van der Waals surface area (Å²) in [4.78, 5) is 0. The van der Waals surface area contributed by atoms with Crippen molar-refractivity contribution in [1.82, 2.24) is 9.78 Å². The van der Waals surface area contributed by atoms with E-state index in [1.807, 2.05) is 29.2 Å². The van der Waals surface area contributed by atoms with Crippen LogP contribution in [0.2, 0.25) is 0 Å². The molecule has 0 aromatic carbocycles. The summed E-state index contributed by atoms with van der Waals surface area (Å²) in [5, 5.41) is 4.21. The van der Waals surface area contributed by atoms with Crippen molar-refractivity contribution in [2.45, 2.75) is 19.9 Å². The maximum absolute atomic E-state index is 4.21. The maximum Gasteiger partial charge on any atom is 0.0562 e. The van der Waals surface area contributed by atoms with Gasteiger partial charge < -0.3 is 0 Å². The molecule has 0 spiro atoms. The molecule has 1 aromatic heterocycles. The van der Waals surface area contributed by atoms with E-state index in [4.69, 9.17) is 0 Å². The normalized spacial score (nSPS) is 11.7. The molecule has 0 aliphatic carbocycles. The minimum Gasteiger partial charge on any atom is -0.270 e. The zero-order chi connectivity index (χ0) is 8.97. The Labute approximate surface area is 78.7 Å². The molecule has 0 aliphatic heterocycles. The van der Waals surface area contributed by atoms with Gasteiger partial charge in [-0.25, -0.2) is 0 Å². The molecule has 0 aliphatic rings. The van der Waals surface area contributed by atoms with Crippen molar-refractivity contribution in [2.24, 2.45) is 0 Å². The fourth-order valence-corrected chi connectivity index (χ4v) is 1.02. The fraction of sp³-hybridized carbons (Fsp3) is 0.444. The van der Waals surface area contributed by atoms with E-state index in [1.165, 1.54) is 0 Å². The summed E-state index contributed by atoms with van der Waals surface area (Å²) in [6, 6.07) is 0.433. The molecule has 0 saturated carbocycles. The Morgan fingerprint density at radius 3 is 2.92 bits per heavy atom. The number of hydrogen-bond acceptors (Lipinski definition) is 2. The molecule has 0 amide bonds. The Morgan fingerprint density at radius 1 is 1.67 bits per heavy atom.